The molecule has 0 amide bonds. The van der Waals surface area contributed by atoms with E-state index in [0.717, 1.165) is 31.7 Å². The number of halogens is 1. The first kappa shape index (κ1) is 10.8. The average Bonchev–Trinajstić information content (AvgIpc) is 2.39. The lowest BCUT2D eigenvalue weighted by Crippen LogP contribution is -2.34. The first-order valence-corrected chi connectivity index (χ1v) is 6.51. The summed E-state index contributed by atoms with van der Waals surface area (Å²) in [5, 5.41) is 2.83. The molecule has 2 aromatic rings. The number of aromatic nitrogens is 1. The van der Waals surface area contributed by atoms with Gasteiger partial charge in [0.05, 0.1) is 0 Å². The maximum absolute atomic E-state index is 6.14. The zero-order valence-electron chi connectivity index (χ0n) is 9.64. The van der Waals surface area contributed by atoms with Gasteiger partial charge in [0, 0.05) is 30.0 Å². The summed E-state index contributed by atoms with van der Waals surface area (Å²) in [5.74, 6) is 1.10. The van der Waals surface area contributed by atoms with Crippen molar-refractivity contribution in [1.82, 2.24) is 4.98 Å². The third-order valence-electron chi connectivity index (χ3n) is 3.38. The Hall–Kier alpha value is -1.28. The van der Waals surface area contributed by atoms with Crippen molar-refractivity contribution < 1.29 is 0 Å². The lowest BCUT2D eigenvalue weighted by Gasteiger charge is -2.31. The molecule has 0 bridgehead atoms. The number of anilines is 1. The van der Waals surface area contributed by atoms with E-state index in [1.807, 2.05) is 6.20 Å². The highest BCUT2D eigenvalue weighted by Crippen LogP contribution is 2.27. The number of alkyl halides is 1. The minimum atomic E-state index is 0.334. The minimum Gasteiger partial charge on any atom is -0.356 e. The number of pyridine rings is 1. The first-order chi connectivity index (χ1) is 8.34. The second kappa shape index (κ2) is 4.53. The van der Waals surface area contributed by atoms with Crippen molar-refractivity contribution in [3.8, 4) is 0 Å². The lowest BCUT2D eigenvalue weighted by atomic mass is 10.1. The molecule has 1 aliphatic rings. The molecule has 1 aromatic carbocycles. The largest absolute Gasteiger partial charge is 0.356 e. The Kier molecular flexibility index (Phi) is 2.89. The molecule has 0 spiro atoms. The van der Waals surface area contributed by atoms with Crippen molar-refractivity contribution in [2.24, 2.45) is 0 Å². The number of fused-ring (bicyclic) bond motifs is 1. The van der Waals surface area contributed by atoms with Gasteiger partial charge in [0.15, 0.2) is 0 Å². The number of benzene rings is 1. The van der Waals surface area contributed by atoms with Gasteiger partial charge >= 0.3 is 0 Å². The molecule has 0 saturated carbocycles. The van der Waals surface area contributed by atoms with Gasteiger partial charge in [-0.1, -0.05) is 24.3 Å². The molecule has 3 rings (SSSR count). The molecule has 1 fully saturated rings. The summed E-state index contributed by atoms with van der Waals surface area (Å²) in [7, 11) is 0. The van der Waals surface area contributed by atoms with E-state index < -0.39 is 0 Å². The van der Waals surface area contributed by atoms with Gasteiger partial charge in [-0.3, -0.25) is 0 Å². The molecule has 0 atom stereocenters. The van der Waals surface area contributed by atoms with Gasteiger partial charge < -0.3 is 4.90 Å². The van der Waals surface area contributed by atoms with E-state index in [0.29, 0.717) is 5.38 Å². The Bertz CT molecular complexity index is 513. The molecule has 0 aliphatic carbocycles. The quantitative estimate of drug-likeness (QED) is 0.717. The Morgan fingerprint density at radius 1 is 1.12 bits per heavy atom. The van der Waals surface area contributed by atoms with E-state index >= 15 is 0 Å². The van der Waals surface area contributed by atoms with Gasteiger partial charge in [-0.15, -0.1) is 11.6 Å². The van der Waals surface area contributed by atoms with Gasteiger partial charge in [-0.05, 0) is 24.3 Å². The molecule has 0 N–H and O–H groups in total. The second-order valence-electron chi connectivity index (χ2n) is 4.52. The van der Waals surface area contributed by atoms with Crippen molar-refractivity contribution >= 4 is 28.2 Å². The fourth-order valence-corrected chi connectivity index (χ4v) is 2.61. The molecule has 1 aromatic heterocycles. The van der Waals surface area contributed by atoms with Crippen LogP contribution >= 0.6 is 11.6 Å². The van der Waals surface area contributed by atoms with Crippen LogP contribution in [-0.2, 0) is 0 Å². The van der Waals surface area contributed by atoms with Crippen molar-refractivity contribution in [2.75, 3.05) is 18.0 Å². The van der Waals surface area contributed by atoms with Gasteiger partial charge in [0.25, 0.3) is 0 Å². The van der Waals surface area contributed by atoms with Crippen molar-refractivity contribution in [2.45, 2.75) is 18.2 Å². The molecular formula is C14H15ClN2. The zero-order chi connectivity index (χ0) is 11.7. The molecule has 0 unspecified atom stereocenters. The summed E-state index contributed by atoms with van der Waals surface area (Å²) in [5.41, 5.74) is 0. The summed E-state index contributed by atoms with van der Waals surface area (Å²) >= 11 is 6.14. The normalized spacial score (nSPS) is 17.6. The highest BCUT2D eigenvalue weighted by molar-refractivity contribution is 6.20. The number of nitrogens with zero attached hydrogens (tertiary/aromatic N) is 2. The maximum Gasteiger partial charge on any atom is 0.136 e. The van der Waals surface area contributed by atoms with E-state index in [9.17, 15) is 0 Å². The topological polar surface area (TPSA) is 16.1 Å². The fraction of sp³-hybridized carbons (Fsp3) is 0.357. The molecular weight excluding hydrogens is 232 g/mol. The van der Waals surface area contributed by atoms with E-state index in [1.54, 1.807) is 0 Å². The Morgan fingerprint density at radius 2 is 1.88 bits per heavy atom. The van der Waals surface area contributed by atoms with Crippen LogP contribution < -0.4 is 4.90 Å². The van der Waals surface area contributed by atoms with Gasteiger partial charge in [0.2, 0.25) is 0 Å². The summed E-state index contributed by atoms with van der Waals surface area (Å²) in [6.07, 6.45) is 3.99. The van der Waals surface area contributed by atoms with E-state index in [-0.39, 0.29) is 0 Å². The number of rotatable bonds is 1. The van der Waals surface area contributed by atoms with Gasteiger partial charge in [-0.2, -0.15) is 0 Å². The van der Waals surface area contributed by atoms with Crippen LogP contribution in [-0.4, -0.2) is 23.5 Å². The summed E-state index contributed by atoms with van der Waals surface area (Å²) in [6.45, 7) is 2.02. The Labute approximate surface area is 106 Å². The summed E-state index contributed by atoms with van der Waals surface area (Å²) < 4.78 is 0. The predicted molar refractivity (Wildman–Crippen MR) is 72.8 cm³/mol. The van der Waals surface area contributed by atoms with Crippen LogP contribution in [0.15, 0.2) is 36.5 Å². The number of hydrogen-bond donors (Lipinski definition) is 0. The summed E-state index contributed by atoms with van der Waals surface area (Å²) in [4.78, 5) is 6.89. The SMILES string of the molecule is ClC1CCN(c2nccc3ccccc23)CC1. The average molecular weight is 247 g/mol. The minimum absolute atomic E-state index is 0.334. The number of hydrogen-bond acceptors (Lipinski definition) is 2. The molecule has 88 valence electrons. The third-order valence-corrected chi connectivity index (χ3v) is 3.81. The lowest BCUT2D eigenvalue weighted by molar-refractivity contribution is 0.582. The van der Waals surface area contributed by atoms with E-state index in [2.05, 4.69) is 40.2 Å². The molecule has 1 saturated heterocycles. The molecule has 2 nitrogen and oxygen atoms in total. The smallest absolute Gasteiger partial charge is 0.136 e. The van der Waals surface area contributed by atoms with Crippen LogP contribution in [0.1, 0.15) is 12.8 Å². The number of piperidine rings is 1. The first-order valence-electron chi connectivity index (χ1n) is 6.07. The highest BCUT2D eigenvalue weighted by Gasteiger charge is 2.19. The molecule has 1 aliphatic heterocycles. The Balaban J connectivity index is 2.00. The van der Waals surface area contributed by atoms with Crippen molar-refractivity contribution in [3.05, 3.63) is 36.5 Å². The van der Waals surface area contributed by atoms with Crippen LogP contribution in [0.3, 0.4) is 0 Å². The summed E-state index contributed by atoms with van der Waals surface area (Å²) in [6, 6.07) is 10.5. The maximum atomic E-state index is 6.14. The van der Waals surface area contributed by atoms with Crippen molar-refractivity contribution in [3.63, 3.8) is 0 Å². The van der Waals surface area contributed by atoms with Crippen LogP contribution in [0.4, 0.5) is 5.82 Å². The fourth-order valence-electron chi connectivity index (χ4n) is 2.42. The molecule has 0 radical (unpaired) electrons. The second-order valence-corrected chi connectivity index (χ2v) is 5.13. The Morgan fingerprint density at radius 3 is 2.71 bits per heavy atom. The van der Waals surface area contributed by atoms with Crippen LogP contribution in [0.2, 0.25) is 0 Å². The van der Waals surface area contributed by atoms with Crippen LogP contribution in [0, 0.1) is 0 Å². The van der Waals surface area contributed by atoms with E-state index in [4.69, 9.17) is 11.6 Å². The van der Waals surface area contributed by atoms with Crippen LogP contribution in [0.25, 0.3) is 10.8 Å². The predicted octanol–water partition coefficient (Wildman–Crippen LogP) is 3.44. The zero-order valence-corrected chi connectivity index (χ0v) is 10.4. The molecule has 3 heteroatoms. The standard InChI is InChI=1S/C14H15ClN2/c15-12-6-9-17(10-7-12)14-13-4-2-1-3-11(13)5-8-16-14/h1-5,8,12H,6-7,9-10H2. The van der Waals surface area contributed by atoms with Gasteiger partial charge in [-0.25, -0.2) is 4.98 Å². The monoisotopic (exact) mass is 246 g/mol. The van der Waals surface area contributed by atoms with E-state index in [1.165, 1.54) is 10.8 Å². The highest BCUT2D eigenvalue weighted by atomic mass is 35.5. The van der Waals surface area contributed by atoms with Crippen molar-refractivity contribution in [1.29, 1.82) is 0 Å². The van der Waals surface area contributed by atoms with Crippen LogP contribution in [0.5, 0.6) is 0 Å². The van der Waals surface area contributed by atoms with Gasteiger partial charge in [0.1, 0.15) is 5.82 Å². The molecule has 17 heavy (non-hydrogen) atoms. The molecule has 2 heterocycles. The third kappa shape index (κ3) is 2.09.